The lowest BCUT2D eigenvalue weighted by atomic mass is 10.3. The molecule has 1 aromatic carbocycles. The van der Waals surface area contributed by atoms with Gasteiger partial charge in [0.2, 0.25) is 5.95 Å². The number of benzene rings is 1. The summed E-state index contributed by atoms with van der Waals surface area (Å²) in [6.45, 7) is 2.94. The quantitative estimate of drug-likeness (QED) is 0.738. The summed E-state index contributed by atoms with van der Waals surface area (Å²) >= 11 is 0. The Bertz CT molecular complexity index is 625. The minimum absolute atomic E-state index is 0.786. The fourth-order valence-corrected chi connectivity index (χ4v) is 1.85. The van der Waals surface area contributed by atoms with Gasteiger partial charge in [-0.05, 0) is 19.1 Å². The molecule has 2 aromatic heterocycles. The van der Waals surface area contributed by atoms with Crippen LogP contribution in [0.25, 0.3) is 11.0 Å². The monoisotopic (exact) mass is 228 g/mol. The molecule has 0 aliphatic rings. The number of imidazole rings is 1. The molecule has 6 nitrogen and oxygen atoms in total. The maximum absolute atomic E-state index is 4.53. The molecule has 0 bridgehead atoms. The van der Waals surface area contributed by atoms with Gasteiger partial charge >= 0.3 is 0 Å². The van der Waals surface area contributed by atoms with E-state index in [0.717, 1.165) is 23.5 Å². The fraction of sp³-hybridized carbons (Fsp3) is 0.182. The maximum atomic E-state index is 4.53. The average Bonchev–Trinajstić information content (AvgIpc) is 2.96. The maximum Gasteiger partial charge on any atom is 0.223 e. The number of para-hydroxylation sites is 2. The summed E-state index contributed by atoms with van der Waals surface area (Å²) in [6.07, 6.45) is 3.19. The van der Waals surface area contributed by atoms with Crippen LogP contribution in [0.3, 0.4) is 0 Å². The molecule has 2 heterocycles. The number of hydrogen-bond acceptors (Lipinski definition) is 4. The van der Waals surface area contributed by atoms with Gasteiger partial charge < -0.3 is 4.57 Å². The first-order valence-corrected chi connectivity index (χ1v) is 5.45. The van der Waals surface area contributed by atoms with E-state index in [-0.39, 0.29) is 0 Å². The van der Waals surface area contributed by atoms with E-state index in [1.165, 1.54) is 0 Å². The largest absolute Gasteiger partial charge is 0.309 e. The van der Waals surface area contributed by atoms with Gasteiger partial charge in [0.15, 0.2) is 0 Å². The highest BCUT2D eigenvalue weighted by Crippen LogP contribution is 2.19. The first-order valence-electron chi connectivity index (χ1n) is 5.45. The van der Waals surface area contributed by atoms with E-state index in [2.05, 4.69) is 38.2 Å². The Morgan fingerprint density at radius 1 is 1.18 bits per heavy atom. The molecule has 3 rings (SSSR count). The molecule has 0 amide bonds. The van der Waals surface area contributed by atoms with Gasteiger partial charge in [0, 0.05) is 6.54 Å². The molecule has 1 N–H and O–H groups in total. The molecule has 0 radical (unpaired) electrons. The van der Waals surface area contributed by atoms with Crippen LogP contribution in [0, 0.1) is 0 Å². The van der Waals surface area contributed by atoms with E-state index in [4.69, 9.17) is 0 Å². The van der Waals surface area contributed by atoms with Crippen LogP contribution < -0.4 is 5.43 Å². The molecule has 6 heteroatoms. The summed E-state index contributed by atoms with van der Waals surface area (Å²) in [5.74, 6) is 0.786. The molecule has 0 aliphatic carbocycles. The summed E-state index contributed by atoms with van der Waals surface area (Å²) in [5, 5.41) is 7.48. The van der Waals surface area contributed by atoms with E-state index in [1.807, 2.05) is 18.2 Å². The van der Waals surface area contributed by atoms with Gasteiger partial charge in [0.1, 0.15) is 12.7 Å². The van der Waals surface area contributed by atoms with Crippen LogP contribution in [0.2, 0.25) is 0 Å². The summed E-state index contributed by atoms with van der Waals surface area (Å²) in [4.78, 5) is 4.53. The Hall–Kier alpha value is -2.37. The van der Waals surface area contributed by atoms with Crippen molar-refractivity contribution in [1.82, 2.24) is 24.4 Å². The molecular formula is C11H12N6. The average molecular weight is 228 g/mol. The van der Waals surface area contributed by atoms with E-state index < -0.39 is 0 Å². The van der Waals surface area contributed by atoms with Crippen molar-refractivity contribution in [2.24, 2.45) is 0 Å². The standard InChI is InChI=1S/C11H12N6/c1-2-17-10-6-4-3-5-9(10)14-11(17)15-16-7-12-13-8-16/h3-8H,2H2,1H3,(H,14,15). The van der Waals surface area contributed by atoms with Crippen LogP contribution in [0.1, 0.15) is 6.92 Å². The molecule has 0 saturated carbocycles. The predicted molar refractivity (Wildman–Crippen MR) is 64.4 cm³/mol. The third-order valence-corrected chi connectivity index (χ3v) is 2.62. The highest BCUT2D eigenvalue weighted by atomic mass is 15.5. The van der Waals surface area contributed by atoms with Crippen molar-refractivity contribution in [1.29, 1.82) is 0 Å². The fourth-order valence-electron chi connectivity index (χ4n) is 1.85. The van der Waals surface area contributed by atoms with Gasteiger partial charge in [-0.25, -0.2) is 9.66 Å². The Morgan fingerprint density at radius 2 is 1.94 bits per heavy atom. The molecule has 3 aromatic rings. The molecule has 0 saturated heterocycles. The Morgan fingerprint density at radius 3 is 2.71 bits per heavy atom. The first-order chi connectivity index (χ1) is 8.38. The SMILES string of the molecule is CCn1c(Nn2cnnc2)nc2ccccc21. The summed E-state index contributed by atoms with van der Waals surface area (Å²) in [7, 11) is 0. The molecule has 0 atom stereocenters. The van der Waals surface area contributed by atoms with Crippen LogP contribution >= 0.6 is 0 Å². The van der Waals surface area contributed by atoms with Crippen molar-refractivity contribution in [3.05, 3.63) is 36.9 Å². The number of rotatable bonds is 3. The smallest absolute Gasteiger partial charge is 0.223 e. The summed E-state index contributed by atoms with van der Waals surface area (Å²) in [5.41, 5.74) is 5.23. The second-order valence-corrected chi connectivity index (χ2v) is 3.65. The predicted octanol–water partition coefficient (Wildman–Crippen LogP) is 1.52. The van der Waals surface area contributed by atoms with E-state index in [1.54, 1.807) is 17.3 Å². The molecule has 0 fully saturated rings. The normalized spacial score (nSPS) is 10.9. The van der Waals surface area contributed by atoms with Crippen LogP contribution in [0.15, 0.2) is 36.9 Å². The number of fused-ring (bicyclic) bond motifs is 1. The molecule has 0 unspecified atom stereocenters. The number of nitrogens with zero attached hydrogens (tertiary/aromatic N) is 5. The Balaban J connectivity index is 2.09. The molecule has 0 spiro atoms. The number of aromatic nitrogens is 5. The zero-order valence-corrected chi connectivity index (χ0v) is 9.41. The topological polar surface area (TPSA) is 60.6 Å². The Labute approximate surface area is 97.9 Å². The second-order valence-electron chi connectivity index (χ2n) is 3.65. The summed E-state index contributed by atoms with van der Waals surface area (Å²) in [6, 6.07) is 8.05. The number of nitrogens with one attached hydrogen (secondary N) is 1. The number of aryl methyl sites for hydroxylation is 1. The minimum atomic E-state index is 0.786. The molecular weight excluding hydrogens is 216 g/mol. The van der Waals surface area contributed by atoms with Crippen molar-refractivity contribution in [2.45, 2.75) is 13.5 Å². The van der Waals surface area contributed by atoms with Crippen molar-refractivity contribution < 1.29 is 0 Å². The zero-order valence-electron chi connectivity index (χ0n) is 9.41. The third-order valence-electron chi connectivity index (χ3n) is 2.62. The van der Waals surface area contributed by atoms with Crippen molar-refractivity contribution >= 4 is 17.0 Å². The van der Waals surface area contributed by atoms with Crippen molar-refractivity contribution in [3.8, 4) is 0 Å². The zero-order chi connectivity index (χ0) is 11.7. The van der Waals surface area contributed by atoms with E-state index in [0.29, 0.717) is 0 Å². The Kier molecular flexibility index (Phi) is 2.25. The van der Waals surface area contributed by atoms with Crippen molar-refractivity contribution in [2.75, 3.05) is 5.43 Å². The van der Waals surface area contributed by atoms with Gasteiger partial charge in [0.25, 0.3) is 0 Å². The van der Waals surface area contributed by atoms with Crippen LogP contribution in [-0.2, 0) is 6.54 Å². The van der Waals surface area contributed by atoms with Crippen molar-refractivity contribution in [3.63, 3.8) is 0 Å². The highest BCUT2D eigenvalue weighted by molar-refractivity contribution is 5.78. The second kappa shape index (κ2) is 3.89. The first kappa shape index (κ1) is 9.83. The van der Waals surface area contributed by atoms with Gasteiger partial charge in [-0.1, -0.05) is 12.1 Å². The molecule has 86 valence electrons. The van der Waals surface area contributed by atoms with Gasteiger partial charge in [-0.15, -0.1) is 10.2 Å². The molecule has 0 aliphatic heterocycles. The molecule has 17 heavy (non-hydrogen) atoms. The van der Waals surface area contributed by atoms with E-state index >= 15 is 0 Å². The van der Waals surface area contributed by atoms with Gasteiger partial charge in [-0.2, -0.15) is 0 Å². The highest BCUT2D eigenvalue weighted by Gasteiger charge is 2.08. The van der Waals surface area contributed by atoms with Crippen LogP contribution in [0.4, 0.5) is 5.95 Å². The number of hydrogen-bond donors (Lipinski definition) is 1. The number of anilines is 1. The van der Waals surface area contributed by atoms with Crippen LogP contribution in [-0.4, -0.2) is 24.4 Å². The lowest BCUT2D eigenvalue weighted by Gasteiger charge is -2.07. The van der Waals surface area contributed by atoms with E-state index in [9.17, 15) is 0 Å². The van der Waals surface area contributed by atoms with Gasteiger partial charge in [-0.3, -0.25) is 5.43 Å². The van der Waals surface area contributed by atoms with Gasteiger partial charge in [0.05, 0.1) is 11.0 Å². The third kappa shape index (κ3) is 1.63. The lowest BCUT2D eigenvalue weighted by molar-refractivity contribution is 0.770. The minimum Gasteiger partial charge on any atom is -0.309 e. The lowest BCUT2D eigenvalue weighted by Crippen LogP contribution is -2.11. The van der Waals surface area contributed by atoms with Crippen LogP contribution in [0.5, 0.6) is 0 Å². The summed E-state index contributed by atoms with van der Waals surface area (Å²) < 4.78 is 3.78.